The van der Waals surface area contributed by atoms with Crippen LogP contribution in [0.4, 0.5) is 5.69 Å². The maximum Gasteiger partial charge on any atom is 0.340 e. The quantitative estimate of drug-likeness (QED) is 0.559. The number of hydrogen-bond acceptors (Lipinski definition) is 7. The summed E-state index contributed by atoms with van der Waals surface area (Å²) in [6.45, 7) is 2.82. The van der Waals surface area contributed by atoms with Gasteiger partial charge in [-0.2, -0.15) is 0 Å². The molecule has 8 heteroatoms. The highest BCUT2D eigenvalue weighted by molar-refractivity contribution is 5.93. The van der Waals surface area contributed by atoms with Crippen LogP contribution in [-0.4, -0.2) is 57.9 Å². The summed E-state index contributed by atoms with van der Waals surface area (Å²) in [5.74, 6) is -1.08. The van der Waals surface area contributed by atoms with Crippen molar-refractivity contribution in [3.8, 4) is 0 Å². The predicted octanol–water partition coefficient (Wildman–Crippen LogP) is -0.371. The maximum atomic E-state index is 12.1. The number of hydrogen-bond donors (Lipinski definition) is 4. The number of rotatable bonds is 3. The van der Waals surface area contributed by atoms with Gasteiger partial charge in [-0.05, 0) is 25.1 Å². The number of benzene rings is 1. The Labute approximate surface area is 132 Å². The van der Waals surface area contributed by atoms with Gasteiger partial charge in [0, 0.05) is 12.6 Å². The number of esters is 1. The van der Waals surface area contributed by atoms with Crippen LogP contribution in [0, 0.1) is 0 Å². The van der Waals surface area contributed by atoms with E-state index in [-0.39, 0.29) is 11.5 Å². The van der Waals surface area contributed by atoms with Crippen molar-refractivity contribution in [2.45, 2.75) is 44.6 Å². The van der Waals surface area contributed by atoms with E-state index in [9.17, 15) is 24.9 Å². The van der Waals surface area contributed by atoms with E-state index in [2.05, 4.69) is 5.32 Å². The van der Waals surface area contributed by atoms with Gasteiger partial charge in [0.05, 0.1) is 11.7 Å². The van der Waals surface area contributed by atoms with E-state index >= 15 is 0 Å². The van der Waals surface area contributed by atoms with E-state index in [0.29, 0.717) is 5.69 Å². The van der Waals surface area contributed by atoms with Crippen LogP contribution in [-0.2, 0) is 14.3 Å². The number of aliphatic hydroxyl groups excluding tert-OH is 3. The van der Waals surface area contributed by atoms with Gasteiger partial charge >= 0.3 is 5.97 Å². The van der Waals surface area contributed by atoms with Crippen molar-refractivity contribution in [2.24, 2.45) is 0 Å². The lowest BCUT2D eigenvalue weighted by Crippen LogP contribution is -2.57. The van der Waals surface area contributed by atoms with Crippen LogP contribution in [0.15, 0.2) is 24.3 Å². The summed E-state index contributed by atoms with van der Waals surface area (Å²) >= 11 is 0. The van der Waals surface area contributed by atoms with Crippen molar-refractivity contribution >= 4 is 17.6 Å². The van der Waals surface area contributed by atoms with Gasteiger partial charge in [0.15, 0.2) is 0 Å². The zero-order valence-electron chi connectivity index (χ0n) is 12.7. The molecule has 8 nitrogen and oxygen atoms in total. The Kier molecular flexibility index (Phi) is 5.32. The molecule has 1 aromatic carbocycles. The summed E-state index contributed by atoms with van der Waals surface area (Å²) < 4.78 is 10.2. The Hall–Kier alpha value is -2.00. The molecule has 0 saturated carbocycles. The molecular formula is C15H19NO7. The summed E-state index contributed by atoms with van der Waals surface area (Å²) in [6.07, 6.45) is -6.54. The summed E-state index contributed by atoms with van der Waals surface area (Å²) in [7, 11) is 0. The molecule has 0 spiro atoms. The predicted molar refractivity (Wildman–Crippen MR) is 78.5 cm³/mol. The monoisotopic (exact) mass is 325 g/mol. The topological polar surface area (TPSA) is 125 Å². The average molecular weight is 325 g/mol. The third-order valence-electron chi connectivity index (χ3n) is 3.45. The first-order valence-electron chi connectivity index (χ1n) is 7.08. The third kappa shape index (κ3) is 4.05. The van der Waals surface area contributed by atoms with E-state index in [1.165, 1.54) is 26.0 Å². The number of nitrogens with one attached hydrogen (secondary N) is 1. The van der Waals surface area contributed by atoms with Crippen molar-refractivity contribution < 1.29 is 34.4 Å². The average Bonchev–Trinajstić information content (AvgIpc) is 2.50. The summed E-state index contributed by atoms with van der Waals surface area (Å²) in [6, 6.07) is 6.04. The molecule has 0 aliphatic carbocycles. The minimum Gasteiger partial charge on any atom is -0.429 e. The zero-order chi connectivity index (χ0) is 17.1. The Morgan fingerprint density at radius 2 is 1.87 bits per heavy atom. The van der Waals surface area contributed by atoms with Gasteiger partial charge in [-0.3, -0.25) is 4.79 Å². The van der Waals surface area contributed by atoms with Gasteiger partial charge in [0.2, 0.25) is 12.2 Å². The molecule has 0 unspecified atom stereocenters. The lowest BCUT2D eigenvalue weighted by molar-refractivity contribution is -0.276. The smallest absolute Gasteiger partial charge is 0.340 e. The van der Waals surface area contributed by atoms with E-state index in [0.717, 1.165) is 0 Å². The van der Waals surface area contributed by atoms with Gasteiger partial charge in [0.25, 0.3) is 0 Å². The number of carbonyl (C=O) groups is 2. The molecule has 1 aromatic rings. The molecular weight excluding hydrogens is 306 g/mol. The fraction of sp³-hybridized carbons (Fsp3) is 0.467. The fourth-order valence-corrected chi connectivity index (χ4v) is 2.21. The van der Waals surface area contributed by atoms with Gasteiger partial charge in [-0.1, -0.05) is 6.07 Å². The van der Waals surface area contributed by atoms with Crippen LogP contribution < -0.4 is 5.32 Å². The van der Waals surface area contributed by atoms with Crippen LogP contribution in [0.2, 0.25) is 0 Å². The highest BCUT2D eigenvalue weighted by atomic mass is 16.7. The molecule has 0 radical (unpaired) electrons. The minimum absolute atomic E-state index is 0.139. The van der Waals surface area contributed by atoms with Gasteiger partial charge in [0.1, 0.15) is 18.3 Å². The molecule has 5 atom stereocenters. The van der Waals surface area contributed by atoms with Crippen LogP contribution in [0.3, 0.4) is 0 Å². The lowest BCUT2D eigenvalue weighted by Gasteiger charge is -2.38. The number of carbonyl (C=O) groups excluding carboxylic acids is 2. The Morgan fingerprint density at radius 1 is 1.17 bits per heavy atom. The summed E-state index contributed by atoms with van der Waals surface area (Å²) in [4.78, 5) is 23.1. The van der Waals surface area contributed by atoms with E-state index in [1.54, 1.807) is 12.1 Å². The molecule has 1 saturated heterocycles. The Balaban J connectivity index is 2.08. The minimum atomic E-state index is -1.57. The van der Waals surface area contributed by atoms with Crippen molar-refractivity contribution in [1.82, 2.24) is 0 Å². The molecule has 1 amide bonds. The molecule has 1 aliphatic heterocycles. The zero-order valence-corrected chi connectivity index (χ0v) is 12.7. The molecule has 0 bridgehead atoms. The molecule has 2 rings (SSSR count). The van der Waals surface area contributed by atoms with Crippen LogP contribution in [0.5, 0.6) is 0 Å². The first-order valence-corrected chi connectivity index (χ1v) is 7.08. The standard InChI is InChI=1S/C15H19NO7/c1-7-11(18)12(19)13(20)15(22-7)23-14(21)9-4-3-5-10(6-9)16-8(2)17/h3-7,11-13,15,18-20H,1-2H3,(H,16,17)/t7-,11-,12+,13+,15-/m0/s1. The maximum absolute atomic E-state index is 12.1. The Morgan fingerprint density at radius 3 is 2.52 bits per heavy atom. The molecule has 23 heavy (non-hydrogen) atoms. The lowest BCUT2D eigenvalue weighted by atomic mass is 10.00. The van der Waals surface area contributed by atoms with E-state index in [4.69, 9.17) is 9.47 Å². The van der Waals surface area contributed by atoms with E-state index < -0.39 is 36.7 Å². The molecule has 1 heterocycles. The molecule has 126 valence electrons. The normalized spacial score (nSPS) is 30.6. The van der Waals surface area contributed by atoms with Crippen LogP contribution >= 0.6 is 0 Å². The summed E-state index contributed by atoms with van der Waals surface area (Å²) in [5.41, 5.74) is 0.557. The third-order valence-corrected chi connectivity index (χ3v) is 3.45. The highest BCUT2D eigenvalue weighted by Crippen LogP contribution is 2.23. The van der Waals surface area contributed by atoms with Crippen molar-refractivity contribution in [2.75, 3.05) is 5.32 Å². The molecule has 0 aromatic heterocycles. The number of aliphatic hydroxyl groups is 3. The molecule has 4 N–H and O–H groups in total. The molecule has 1 aliphatic rings. The SMILES string of the molecule is CC(=O)Nc1cccc(C(=O)O[C@@H]2O[C@@H](C)[C@H](O)[C@@H](O)[C@H]2O)c1. The second-order valence-corrected chi connectivity index (χ2v) is 5.35. The van der Waals surface area contributed by atoms with Gasteiger partial charge < -0.3 is 30.1 Å². The van der Waals surface area contributed by atoms with Crippen molar-refractivity contribution in [1.29, 1.82) is 0 Å². The Bertz CT molecular complexity index is 591. The first kappa shape index (κ1) is 17.4. The number of amides is 1. The fourth-order valence-electron chi connectivity index (χ4n) is 2.21. The molecule has 1 fully saturated rings. The summed E-state index contributed by atoms with van der Waals surface area (Å²) in [5, 5.41) is 31.6. The van der Waals surface area contributed by atoms with Crippen molar-refractivity contribution in [3.63, 3.8) is 0 Å². The highest BCUT2D eigenvalue weighted by Gasteiger charge is 2.43. The first-order chi connectivity index (χ1) is 10.8. The second kappa shape index (κ2) is 7.05. The van der Waals surface area contributed by atoms with Gasteiger partial charge in [-0.25, -0.2) is 4.79 Å². The van der Waals surface area contributed by atoms with Crippen LogP contribution in [0.1, 0.15) is 24.2 Å². The van der Waals surface area contributed by atoms with E-state index in [1.807, 2.05) is 0 Å². The van der Waals surface area contributed by atoms with Crippen molar-refractivity contribution in [3.05, 3.63) is 29.8 Å². The number of anilines is 1. The second-order valence-electron chi connectivity index (χ2n) is 5.35. The van der Waals surface area contributed by atoms with Gasteiger partial charge in [-0.15, -0.1) is 0 Å². The number of ether oxygens (including phenoxy) is 2. The largest absolute Gasteiger partial charge is 0.429 e. The van der Waals surface area contributed by atoms with Crippen LogP contribution in [0.25, 0.3) is 0 Å².